The van der Waals surface area contributed by atoms with E-state index in [1.165, 1.54) is 0 Å². The molecule has 23 unspecified atom stereocenters. The second-order valence-electron chi connectivity index (χ2n) is 23.2. The number of hydrogen-bond donors (Lipinski definition) is 0. The molecule has 0 aromatic heterocycles. The maximum atomic E-state index is 2.96. The van der Waals surface area contributed by atoms with Gasteiger partial charge in [-0.25, -0.2) is 0 Å². The first-order chi connectivity index (χ1) is 22.8. The summed E-state index contributed by atoms with van der Waals surface area (Å²) >= 11 is 0. The monoisotopic (exact) mass is 637 g/mol. The van der Waals surface area contributed by atoms with Crippen LogP contribution in [0.2, 0.25) is 0 Å². The van der Waals surface area contributed by atoms with Gasteiger partial charge in [-0.15, -0.1) is 0 Å². The van der Waals surface area contributed by atoms with E-state index >= 15 is 0 Å². The maximum Gasteiger partial charge on any atom is -0.0165 e. The van der Waals surface area contributed by atoms with Gasteiger partial charge in [-0.3, -0.25) is 0 Å². The molecule has 12 rings (SSSR count). The zero-order valence-electron chi connectivity index (χ0n) is 31.4. The highest BCUT2D eigenvalue weighted by Crippen LogP contribution is 2.91. The predicted molar refractivity (Wildman–Crippen MR) is 192 cm³/mol. The van der Waals surface area contributed by atoms with Crippen LogP contribution in [0.25, 0.3) is 0 Å². The molecule has 12 fully saturated rings. The third-order valence-electron chi connectivity index (χ3n) is 22.6. The lowest BCUT2D eigenvalue weighted by atomic mass is 9.25. The summed E-state index contributed by atoms with van der Waals surface area (Å²) in [6.07, 6.45) is 29.2. The Morgan fingerprint density at radius 1 is 0.468 bits per heavy atom. The summed E-state index contributed by atoms with van der Waals surface area (Å²) in [7, 11) is 0. The summed E-state index contributed by atoms with van der Waals surface area (Å²) in [5, 5.41) is 0. The molecule has 0 amide bonds. The normalized spacial score (nSPS) is 68.0. The Balaban J connectivity index is 1.13. The molecule has 2 spiro atoms. The van der Waals surface area contributed by atoms with Gasteiger partial charge in [0.05, 0.1) is 0 Å². The van der Waals surface area contributed by atoms with E-state index in [0.717, 1.165) is 135 Å². The molecule has 47 heavy (non-hydrogen) atoms. The molecule has 0 nitrogen and oxygen atoms in total. The number of rotatable bonds is 0. The van der Waals surface area contributed by atoms with Crippen LogP contribution in [0, 0.1) is 141 Å². The molecule has 0 N–H and O–H groups in total. The average Bonchev–Trinajstić information content (AvgIpc) is 3.68. The Kier molecular flexibility index (Phi) is 5.98. The minimum atomic E-state index is 0.622. The van der Waals surface area contributed by atoms with Crippen LogP contribution < -0.4 is 0 Å². The number of hydrogen-bond acceptors (Lipinski definition) is 0. The van der Waals surface area contributed by atoms with Gasteiger partial charge in [0.15, 0.2) is 0 Å². The fourth-order valence-electron chi connectivity index (χ4n) is 23.1. The van der Waals surface area contributed by atoms with Crippen LogP contribution in [0.5, 0.6) is 0 Å². The smallest absolute Gasteiger partial charge is 0.0165 e. The molecule has 0 saturated heterocycles. The van der Waals surface area contributed by atoms with Crippen molar-refractivity contribution in [3.63, 3.8) is 0 Å². The Morgan fingerprint density at radius 3 is 1.98 bits per heavy atom. The topological polar surface area (TPSA) is 0 Å². The van der Waals surface area contributed by atoms with E-state index in [1.807, 2.05) is 0 Å². The first-order valence-corrected chi connectivity index (χ1v) is 22.8. The Bertz CT molecular complexity index is 1310. The van der Waals surface area contributed by atoms with Gasteiger partial charge in [0, 0.05) is 0 Å². The fourth-order valence-corrected chi connectivity index (χ4v) is 23.1. The molecule has 0 aliphatic heterocycles. The first-order valence-electron chi connectivity index (χ1n) is 22.8. The van der Waals surface area contributed by atoms with Gasteiger partial charge in [0.25, 0.3) is 0 Å². The molecule has 12 aliphatic carbocycles. The average molecular weight is 637 g/mol. The lowest BCUT2D eigenvalue weighted by Crippen LogP contribution is -2.74. The van der Waals surface area contributed by atoms with Gasteiger partial charge in [-0.1, -0.05) is 73.1 Å². The molecule has 0 bridgehead atoms. The van der Waals surface area contributed by atoms with Crippen molar-refractivity contribution in [1.82, 2.24) is 0 Å². The highest BCUT2D eigenvalue weighted by Gasteiger charge is 2.86. The summed E-state index contributed by atoms with van der Waals surface area (Å²) < 4.78 is 0. The van der Waals surface area contributed by atoms with Crippen molar-refractivity contribution in [1.29, 1.82) is 0 Å². The summed E-state index contributed by atoms with van der Waals surface area (Å²) in [5.41, 5.74) is 2.11. The van der Waals surface area contributed by atoms with Crippen LogP contribution >= 0.6 is 0 Å². The third kappa shape index (κ3) is 3.12. The van der Waals surface area contributed by atoms with Crippen molar-refractivity contribution in [2.75, 3.05) is 0 Å². The van der Waals surface area contributed by atoms with Crippen molar-refractivity contribution >= 4 is 0 Å². The summed E-state index contributed by atoms with van der Waals surface area (Å²) in [6, 6.07) is 0. The van der Waals surface area contributed by atoms with Gasteiger partial charge in [-0.2, -0.15) is 0 Å². The van der Waals surface area contributed by atoms with E-state index in [0.29, 0.717) is 5.41 Å². The van der Waals surface area contributed by atoms with E-state index in [9.17, 15) is 0 Å². The van der Waals surface area contributed by atoms with Crippen LogP contribution in [-0.4, -0.2) is 0 Å². The highest BCUT2D eigenvalue weighted by molar-refractivity contribution is 5.33. The Hall–Kier alpha value is 0. The SMILES string of the molecule is CC1CC(C)C2C3C4CCCCC4C4CCC5CC6CC7C(C)(C)C8CCCCC87C7C8C9CCCCC9C(C)C8C(C2C1)(C5C43)C67. The van der Waals surface area contributed by atoms with Crippen molar-refractivity contribution in [3.05, 3.63) is 0 Å². The van der Waals surface area contributed by atoms with E-state index in [1.54, 1.807) is 116 Å². The van der Waals surface area contributed by atoms with Crippen LogP contribution in [0.1, 0.15) is 150 Å². The lowest BCUT2D eigenvalue weighted by Gasteiger charge is -2.79. The van der Waals surface area contributed by atoms with Gasteiger partial charge in [-0.05, 0) is 218 Å². The van der Waals surface area contributed by atoms with Crippen LogP contribution in [0.3, 0.4) is 0 Å². The largest absolute Gasteiger partial charge is 0.0625 e. The molecule has 12 aliphatic rings. The second-order valence-corrected chi connectivity index (χ2v) is 23.2. The van der Waals surface area contributed by atoms with Gasteiger partial charge < -0.3 is 0 Å². The van der Waals surface area contributed by atoms with Crippen LogP contribution in [0.15, 0.2) is 0 Å². The number of fused-ring (bicyclic) bond motifs is 9. The molecule has 12 saturated carbocycles. The van der Waals surface area contributed by atoms with Crippen molar-refractivity contribution in [2.45, 2.75) is 150 Å². The van der Waals surface area contributed by atoms with E-state index in [-0.39, 0.29) is 0 Å². The molecular formula is C47H72. The highest BCUT2D eigenvalue weighted by atomic mass is 14.9. The Labute approximate surface area is 289 Å². The van der Waals surface area contributed by atoms with E-state index in [4.69, 9.17) is 0 Å². The second kappa shape index (κ2) is 9.50. The first kappa shape index (κ1) is 29.6. The fraction of sp³-hybridized carbons (Fsp3) is 1.00. The molecule has 0 heterocycles. The molecular weight excluding hydrogens is 565 g/mol. The summed E-state index contributed by atoms with van der Waals surface area (Å²) in [4.78, 5) is 0. The predicted octanol–water partition coefficient (Wildman–Crippen LogP) is 12.2. The van der Waals surface area contributed by atoms with Gasteiger partial charge in [0.1, 0.15) is 0 Å². The van der Waals surface area contributed by atoms with Crippen LogP contribution in [0.4, 0.5) is 0 Å². The minimum absolute atomic E-state index is 0.622. The molecule has 260 valence electrons. The van der Waals surface area contributed by atoms with Gasteiger partial charge in [0.2, 0.25) is 0 Å². The van der Waals surface area contributed by atoms with Crippen molar-refractivity contribution in [2.24, 2.45) is 141 Å². The maximum absolute atomic E-state index is 2.96. The summed E-state index contributed by atoms with van der Waals surface area (Å²) in [6.45, 7) is 14.2. The molecule has 0 aromatic rings. The zero-order chi connectivity index (χ0) is 31.4. The third-order valence-corrected chi connectivity index (χ3v) is 22.6. The molecule has 0 radical (unpaired) electrons. The Morgan fingerprint density at radius 2 is 1.17 bits per heavy atom. The molecule has 23 atom stereocenters. The molecule has 0 heteroatoms. The zero-order valence-corrected chi connectivity index (χ0v) is 31.4. The standard InChI is InChI=1S/C47H72/c1-24-20-25(2)37-34(21-24)47-41-26(3)29-12-6-8-14-31(29)40(41)44-43(47)28(23-36-45(4,5)35-16-10-11-19-46(35,36)44)22-27-17-18-33-30-13-7-9-15-32(30)38(37)39(33)42(27)47/h24-44H,6-23H2,1-5H3. The van der Waals surface area contributed by atoms with E-state index in [2.05, 4.69) is 34.6 Å². The lowest BCUT2D eigenvalue weighted by molar-refractivity contribution is -0.315. The molecule has 0 aromatic carbocycles. The van der Waals surface area contributed by atoms with E-state index < -0.39 is 0 Å². The van der Waals surface area contributed by atoms with Crippen LogP contribution in [-0.2, 0) is 0 Å². The van der Waals surface area contributed by atoms with Gasteiger partial charge >= 0.3 is 0 Å². The summed E-state index contributed by atoms with van der Waals surface area (Å²) in [5.74, 6) is 23.2. The quantitative estimate of drug-likeness (QED) is 0.248. The minimum Gasteiger partial charge on any atom is -0.0625 e. The van der Waals surface area contributed by atoms with Crippen molar-refractivity contribution in [3.8, 4) is 0 Å². The van der Waals surface area contributed by atoms with Crippen molar-refractivity contribution < 1.29 is 0 Å².